The number of fused-ring (bicyclic) bond motifs is 1. The van der Waals surface area contributed by atoms with Crippen molar-refractivity contribution < 1.29 is 9.90 Å². The van der Waals surface area contributed by atoms with Crippen molar-refractivity contribution in [1.82, 2.24) is 9.13 Å². The van der Waals surface area contributed by atoms with Crippen molar-refractivity contribution in [2.75, 3.05) is 0 Å². The zero-order chi connectivity index (χ0) is 25.5. The predicted octanol–water partition coefficient (Wildman–Crippen LogP) is 6.69. The summed E-state index contributed by atoms with van der Waals surface area (Å²) in [7, 11) is 0. The van der Waals surface area contributed by atoms with Crippen molar-refractivity contribution in [3.05, 3.63) is 58.7 Å². The normalized spacial score (nSPS) is 15.6. The van der Waals surface area contributed by atoms with Gasteiger partial charge in [0.1, 0.15) is 5.75 Å². The number of aromatic hydroxyl groups is 1. The smallest absolute Gasteiger partial charge is 0.203 e. The molecule has 0 saturated heterocycles. The van der Waals surface area contributed by atoms with Crippen LogP contribution in [0.1, 0.15) is 95.1 Å². The fourth-order valence-electron chi connectivity index (χ4n) is 5.44. The number of rotatable bonds is 5. The Morgan fingerprint density at radius 1 is 0.914 bits per heavy atom. The molecule has 0 bridgehead atoms. The number of phenols is 1. The number of hydrogen-bond donors (Lipinski definition) is 2. The van der Waals surface area contributed by atoms with E-state index in [1.165, 1.54) is 32.1 Å². The molecular weight excluding hydrogens is 434 g/mol. The molecule has 1 fully saturated rings. The highest BCUT2D eigenvalue weighted by atomic mass is 16.3. The Morgan fingerprint density at radius 3 is 1.94 bits per heavy atom. The van der Waals surface area contributed by atoms with Crippen LogP contribution in [0.3, 0.4) is 0 Å². The largest absolute Gasteiger partial charge is 0.507 e. The van der Waals surface area contributed by atoms with Crippen LogP contribution in [-0.2, 0) is 23.9 Å². The molecule has 4 rings (SSSR count). The van der Waals surface area contributed by atoms with Crippen molar-refractivity contribution in [3.8, 4) is 5.75 Å². The molecule has 35 heavy (non-hydrogen) atoms. The highest BCUT2D eigenvalue weighted by Gasteiger charge is 2.28. The summed E-state index contributed by atoms with van der Waals surface area (Å²) < 4.78 is 3.94. The summed E-state index contributed by atoms with van der Waals surface area (Å²) in [4.78, 5) is 13.7. The average Bonchev–Trinajstić information content (AvgIpc) is 3.04. The second kappa shape index (κ2) is 9.33. The van der Waals surface area contributed by atoms with Gasteiger partial charge in [0.25, 0.3) is 0 Å². The van der Waals surface area contributed by atoms with Gasteiger partial charge in [-0.25, -0.2) is 0 Å². The lowest BCUT2D eigenvalue weighted by Crippen LogP contribution is -2.30. The first-order valence-corrected chi connectivity index (χ1v) is 13.0. The number of nitrogens with zero attached hydrogens (tertiary/aromatic N) is 2. The number of phenolic OH excluding ortho intramolecular Hbond substituents is 1. The monoisotopic (exact) mass is 475 g/mol. The summed E-state index contributed by atoms with van der Waals surface area (Å²) in [5, 5.41) is 20.1. The molecule has 1 aromatic heterocycles. The van der Waals surface area contributed by atoms with Crippen molar-refractivity contribution in [3.63, 3.8) is 0 Å². The molecule has 1 aliphatic carbocycles. The average molecular weight is 476 g/mol. The topological polar surface area (TPSA) is 71.0 Å². The van der Waals surface area contributed by atoms with Gasteiger partial charge in [0.2, 0.25) is 5.62 Å². The summed E-state index contributed by atoms with van der Waals surface area (Å²) in [6.45, 7) is 13.3. The molecule has 1 saturated carbocycles. The molecule has 1 aliphatic rings. The summed E-state index contributed by atoms with van der Waals surface area (Å²) in [5.74, 6) is 0.827. The highest BCUT2D eigenvalue weighted by Crippen LogP contribution is 2.40. The van der Waals surface area contributed by atoms with Crippen LogP contribution in [0.5, 0.6) is 5.75 Å². The van der Waals surface area contributed by atoms with E-state index in [-0.39, 0.29) is 28.9 Å². The Kier molecular flexibility index (Phi) is 6.74. The van der Waals surface area contributed by atoms with Crippen LogP contribution in [-0.4, -0.2) is 20.0 Å². The number of nitrogens with one attached hydrogen (secondary N) is 1. The third-order valence-corrected chi connectivity index (χ3v) is 7.49. The van der Waals surface area contributed by atoms with Crippen LogP contribution < -0.4 is 5.62 Å². The Morgan fingerprint density at radius 2 is 1.43 bits per heavy atom. The van der Waals surface area contributed by atoms with Crippen LogP contribution in [0.25, 0.3) is 11.0 Å². The van der Waals surface area contributed by atoms with Crippen molar-refractivity contribution >= 4 is 16.8 Å². The van der Waals surface area contributed by atoms with E-state index >= 15 is 0 Å². The Bertz CT molecular complexity index is 1260. The summed E-state index contributed by atoms with van der Waals surface area (Å²) in [6, 6.07) is 11.7. The molecule has 5 heteroatoms. The van der Waals surface area contributed by atoms with Crippen LogP contribution >= 0.6 is 0 Å². The highest BCUT2D eigenvalue weighted by molar-refractivity contribution is 5.97. The maximum atomic E-state index is 13.7. The molecule has 3 aromatic rings. The van der Waals surface area contributed by atoms with E-state index in [2.05, 4.69) is 52.2 Å². The van der Waals surface area contributed by atoms with E-state index in [0.29, 0.717) is 17.1 Å². The van der Waals surface area contributed by atoms with Gasteiger partial charge in [-0.2, -0.15) is 0 Å². The summed E-state index contributed by atoms with van der Waals surface area (Å²) in [5.41, 5.74) is 3.88. The zero-order valence-corrected chi connectivity index (χ0v) is 22.2. The Balaban J connectivity index is 1.75. The fraction of sp³-hybridized carbons (Fsp3) is 0.533. The molecule has 1 heterocycles. The second-order valence-electron chi connectivity index (χ2n) is 12.4. The first kappa shape index (κ1) is 25.3. The molecule has 0 amide bonds. The molecule has 0 atom stereocenters. The number of carbonyl (C=O) groups is 1. The molecule has 0 aliphatic heterocycles. The second-order valence-corrected chi connectivity index (χ2v) is 12.4. The van der Waals surface area contributed by atoms with Crippen molar-refractivity contribution in [2.45, 2.75) is 97.6 Å². The standard InChI is InChI=1S/C30H41N3O2/c1-29(2,3)22-16-21(17-23(27(22)35)30(4,5)6)26(34)19-33-25-15-11-10-14-24(25)32(28(33)31)18-20-12-8-7-9-13-20/h10-11,14-17,20,31,35H,7-9,12-13,18-19H2,1-6H3. The molecule has 0 unspecified atom stereocenters. The third kappa shape index (κ3) is 5.10. The predicted molar refractivity (Wildman–Crippen MR) is 142 cm³/mol. The lowest BCUT2D eigenvalue weighted by Gasteiger charge is -2.28. The minimum absolute atomic E-state index is 0.0416. The first-order chi connectivity index (χ1) is 16.4. The minimum Gasteiger partial charge on any atom is -0.507 e. The molecule has 2 N–H and O–H groups in total. The van der Waals surface area contributed by atoms with E-state index in [4.69, 9.17) is 5.41 Å². The minimum atomic E-state index is -0.301. The van der Waals surface area contributed by atoms with E-state index in [0.717, 1.165) is 28.7 Å². The van der Waals surface area contributed by atoms with E-state index in [9.17, 15) is 9.90 Å². The number of benzene rings is 2. The molecular formula is C30H41N3O2. The number of carbonyl (C=O) groups excluding carboxylic acids is 1. The first-order valence-electron chi connectivity index (χ1n) is 13.0. The van der Waals surface area contributed by atoms with Gasteiger partial charge >= 0.3 is 0 Å². The number of Topliss-reactive ketones (excluding diaryl/α,β-unsaturated/α-hetero) is 1. The molecule has 5 nitrogen and oxygen atoms in total. The molecule has 0 radical (unpaired) electrons. The maximum Gasteiger partial charge on any atom is 0.203 e. The number of ketones is 1. The Hall–Kier alpha value is -2.82. The van der Waals surface area contributed by atoms with Gasteiger partial charge < -0.3 is 14.2 Å². The van der Waals surface area contributed by atoms with E-state index < -0.39 is 0 Å². The van der Waals surface area contributed by atoms with Gasteiger partial charge in [0.15, 0.2) is 5.78 Å². The van der Waals surface area contributed by atoms with Gasteiger partial charge in [0.05, 0.1) is 17.6 Å². The lowest BCUT2D eigenvalue weighted by atomic mass is 9.78. The van der Waals surface area contributed by atoms with Gasteiger partial charge in [-0.1, -0.05) is 72.9 Å². The molecule has 2 aromatic carbocycles. The van der Waals surface area contributed by atoms with Crippen LogP contribution in [0, 0.1) is 11.3 Å². The lowest BCUT2D eigenvalue weighted by molar-refractivity contribution is 0.0971. The van der Waals surface area contributed by atoms with E-state index in [1.54, 1.807) is 0 Å². The molecule has 188 valence electrons. The van der Waals surface area contributed by atoms with Crippen LogP contribution in [0.2, 0.25) is 0 Å². The van der Waals surface area contributed by atoms with E-state index in [1.807, 2.05) is 34.9 Å². The zero-order valence-electron chi connectivity index (χ0n) is 22.2. The number of para-hydroxylation sites is 2. The number of aromatic nitrogens is 2. The molecule has 0 spiro atoms. The van der Waals surface area contributed by atoms with Crippen LogP contribution in [0.4, 0.5) is 0 Å². The fourth-order valence-corrected chi connectivity index (χ4v) is 5.44. The van der Waals surface area contributed by atoms with Gasteiger partial charge in [-0.3, -0.25) is 10.2 Å². The quantitative estimate of drug-likeness (QED) is 0.404. The van der Waals surface area contributed by atoms with Crippen LogP contribution in [0.15, 0.2) is 36.4 Å². The third-order valence-electron chi connectivity index (χ3n) is 7.49. The van der Waals surface area contributed by atoms with Gasteiger partial charge in [-0.15, -0.1) is 0 Å². The maximum absolute atomic E-state index is 13.7. The van der Waals surface area contributed by atoms with Gasteiger partial charge in [-0.05, 0) is 53.9 Å². The summed E-state index contributed by atoms with van der Waals surface area (Å²) in [6.07, 6.45) is 6.27. The number of hydrogen-bond acceptors (Lipinski definition) is 3. The number of imidazole rings is 1. The van der Waals surface area contributed by atoms with Crippen molar-refractivity contribution in [2.24, 2.45) is 5.92 Å². The van der Waals surface area contributed by atoms with Gasteiger partial charge in [0, 0.05) is 23.2 Å². The Labute approximate surface area is 209 Å². The van der Waals surface area contributed by atoms with Crippen molar-refractivity contribution in [1.29, 1.82) is 5.41 Å². The summed E-state index contributed by atoms with van der Waals surface area (Å²) >= 11 is 0. The SMILES string of the molecule is CC(C)(C)c1cc(C(=O)Cn2c(=N)n(CC3CCCCC3)c3ccccc32)cc(C(C)(C)C)c1O.